The number of phenols is 1. The number of halogens is 3. The van der Waals surface area contributed by atoms with Crippen molar-refractivity contribution < 1.29 is 23.1 Å². The van der Waals surface area contributed by atoms with Gasteiger partial charge >= 0.3 is 12.2 Å². The molecule has 4 rings (SSSR count). The molecule has 0 aliphatic heterocycles. The third-order valence-electron chi connectivity index (χ3n) is 4.61. The first-order valence-corrected chi connectivity index (χ1v) is 9.00. The molecular weight excluding hydrogens is 413 g/mol. The summed E-state index contributed by atoms with van der Waals surface area (Å²) in [6, 6.07) is 13.2. The highest BCUT2D eigenvalue weighted by Gasteiger charge is 2.30. The summed E-state index contributed by atoms with van der Waals surface area (Å²) < 4.78 is 38.4. The molecule has 0 aliphatic rings. The van der Waals surface area contributed by atoms with Crippen LogP contribution in [0.4, 0.5) is 29.3 Å². The molecule has 0 unspecified atom stereocenters. The summed E-state index contributed by atoms with van der Waals surface area (Å²) in [5, 5.41) is 20.1. The predicted molar refractivity (Wildman–Crippen MR) is 110 cm³/mol. The fraction of sp³-hybridized carbons (Fsp3) is 0.0476. The van der Waals surface area contributed by atoms with Crippen molar-refractivity contribution in [2.45, 2.75) is 6.18 Å². The standard InChI is InChI=1S/C21H15F3N4O3/c22-21(23,24)12-2-1-3-14(10-12)26-20(31)25-13-6-4-11(5-7-13)15-8-9-16(29)18-17(15)19(30)28-27-18/h1-10,29H,(H2,25,26,31)(H2,27,28,30). The Morgan fingerprint density at radius 2 is 1.61 bits per heavy atom. The van der Waals surface area contributed by atoms with Gasteiger partial charge in [-0.3, -0.25) is 15.0 Å². The number of alkyl halides is 3. The minimum atomic E-state index is -4.51. The fourth-order valence-electron chi connectivity index (χ4n) is 3.18. The Balaban J connectivity index is 1.51. The summed E-state index contributed by atoms with van der Waals surface area (Å²) in [6.07, 6.45) is -4.51. The SMILES string of the molecule is O=C(Nc1ccc(-c2ccc(O)c3[nH][nH]c(=O)c23)cc1)Nc1cccc(C(F)(F)F)c1. The van der Waals surface area contributed by atoms with Crippen LogP contribution in [-0.2, 0) is 6.18 Å². The number of carbonyl (C=O) groups excluding carboxylic acids is 1. The number of benzene rings is 3. The van der Waals surface area contributed by atoms with Crippen LogP contribution >= 0.6 is 0 Å². The molecule has 0 radical (unpaired) electrons. The molecule has 31 heavy (non-hydrogen) atoms. The Labute approximate surface area is 172 Å². The van der Waals surface area contributed by atoms with Gasteiger partial charge in [0.25, 0.3) is 5.56 Å². The molecule has 0 saturated heterocycles. The minimum Gasteiger partial charge on any atom is -0.506 e. The molecular formula is C21H15F3N4O3. The molecule has 0 atom stereocenters. The van der Waals surface area contributed by atoms with E-state index in [9.17, 15) is 27.9 Å². The van der Waals surface area contributed by atoms with Gasteiger partial charge < -0.3 is 15.7 Å². The molecule has 5 N–H and O–H groups in total. The zero-order valence-electron chi connectivity index (χ0n) is 15.7. The number of urea groups is 1. The lowest BCUT2D eigenvalue weighted by Gasteiger charge is -2.11. The number of fused-ring (bicyclic) bond motifs is 1. The molecule has 4 aromatic rings. The van der Waals surface area contributed by atoms with E-state index in [0.717, 1.165) is 12.1 Å². The Kier molecular flexibility index (Phi) is 4.90. The number of nitrogens with one attached hydrogen (secondary N) is 4. The van der Waals surface area contributed by atoms with Gasteiger partial charge in [0.2, 0.25) is 0 Å². The van der Waals surface area contributed by atoms with Gasteiger partial charge in [-0.15, -0.1) is 0 Å². The smallest absolute Gasteiger partial charge is 0.416 e. The summed E-state index contributed by atoms with van der Waals surface area (Å²) in [5.74, 6) is -0.0679. The molecule has 1 aromatic heterocycles. The van der Waals surface area contributed by atoms with E-state index in [0.29, 0.717) is 22.2 Å². The Bertz CT molecular complexity index is 1320. The van der Waals surface area contributed by atoms with Gasteiger partial charge in [-0.2, -0.15) is 13.2 Å². The zero-order valence-corrected chi connectivity index (χ0v) is 15.7. The van der Waals surface area contributed by atoms with E-state index in [1.807, 2.05) is 0 Å². The van der Waals surface area contributed by atoms with Gasteiger partial charge in [0, 0.05) is 11.4 Å². The lowest BCUT2D eigenvalue weighted by molar-refractivity contribution is -0.137. The molecule has 1 heterocycles. The lowest BCUT2D eigenvalue weighted by atomic mass is 10.0. The maximum absolute atomic E-state index is 12.8. The predicted octanol–water partition coefficient (Wildman–Crippen LogP) is 4.89. The van der Waals surface area contributed by atoms with E-state index in [4.69, 9.17) is 0 Å². The highest BCUT2D eigenvalue weighted by atomic mass is 19.4. The summed E-state index contributed by atoms with van der Waals surface area (Å²) in [4.78, 5) is 24.2. The highest BCUT2D eigenvalue weighted by molar-refractivity contribution is 6.00. The highest BCUT2D eigenvalue weighted by Crippen LogP contribution is 2.32. The van der Waals surface area contributed by atoms with Crippen LogP contribution in [0.25, 0.3) is 22.0 Å². The van der Waals surface area contributed by atoms with Crippen LogP contribution in [0, 0.1) is 0 Å². The second kappa shape index (κ2) is 7.56. The summed E-state index contributed by atoms with van der Waals surface area (Å²) >= 11 is 0. The van der Waals surface area contributed by atoms with Crippen LogP contribution in [0.15, 0.2) is 65.5 Å². The van der Waals surface area contributed by atoms with Crippen molar-refractivity contribution >= 4 is 28.3 Å². The Morgan fingerprint density at radius 3 is 2.32 bits per heavy atom. The van der Waals surface area contributed by atoms with E-state index in [-0.39, 0.29) is 22.5 Å². The van der Waals surface area contributed by atoms with Crippen molar-refractivity contribution in [3.63, 3.8) is 0 Å². The molecule has 0 spiro atoms. The van der Waals surface area contributed by atoms with Gasteiger partial charge in [0.05, 0.1) is 10.9 Å². The van der Waals surface area contributed by atoms with Gasteiger partial charge in [-0.1, -0.05) is 18.2 Å². The first kappa shape index (κ1) is 20.1. The maximum Gasteiger partial charge on any atom is 0.416 e. The van der Waals surface area contributed by atoms with Crippen molar-refractivity contribution in [1.82, 2.24) is 10.2 Å². The van der Waals surface area contributed by atoms with Crippen molar-refractivity contribution in [3.8, 4) is 16.9 Å². The Morgan fingerprint density at radius 1 is 0.903 bits per heavy atom. The largest absolute Gasteiger partial charge is 0.506 e. The number of aromatic hydroxyl groups is 1. The number of anilines is 2. The van der Waals surface area contributed by atoms with Crippen molar-refractivity contribution in [3.05, 3.63) is 76.6 Å². The first-order valence-electron chi connectivity index (χ1n) is 9.00. The molecule has 3 aromatic carbocycles. The number of phenolic OH excluding ortho intramolecular Hbond substituents is 1. The Hall–Kier alpha value is -4.21. The zero-order chi connectivity index (χ0) is 22.2. The quantitative estimate of drug-likeness (QED) is 0.320. The van der Waals surface area contributed by atoms with Crippen LogP contribution in [0.1, 0.15) is 5.56 Å². The fourth-order valence-corrected chi connectivity index (χ4v) is 3.18. The van der Waals surface area contributed by atoms with Crippen LogP contribution in [0.3, 0.4) is 0 Å². The summed E-state index contributed by atoms with van der Waals surface area (Å²) in [6.45, 7) is 0. The third kappa shape index (κ3) is 4.08. The molecule has 10 heteroatoms. The topological polar surface area (TPSA) is 110 Å². The lowest BCUT2D eigenvalue weighted by Crippen LogP contribution is -2.19. The molecule has 0 fully saturated rings. The number of H-pyrrole nitrogens is 2. The van der Waals surface area contributed by atoms with Gasteiger partial charge in [0.15, 0.2) is 0 Å². The molecule has 2 amide bonds. The van der Waals surface area contributed by atoms with Gasteiger partial charge in [-0.25, -0.2) is 4.79 Å². The van der Waals surface area contributed by atoms with Crippen molar-refractivity contribution in [1.29, 1.82) is 0 Å². The van der Waals surface area contributed by atoms with Gasteiger partial charge in [-0.05, 0) is 53.6 Å². The third-order valence-corrected chi connectivity index (χ3v) is 4.61. The number of amides is 2. The molecule has 7 nitrogen and oxygen atoms in total. The number of carbonyl (C=O) groups is 1. The van der Waals surface area contributed by atoms with Crippen molar-refractivity contribution in [2.24, 2.45) is 0 Å². The van der Waals surface area contributed by atoms with E-state index >= 15 is 0 Å². The number of aromatic nitrogens is 2. The second-order valence-electron chi connectivity index (χ2n) is 6.70. The molecule has 0 saturated carbocycles. The van der Waals surface area contributed by atoms with E-state index < -0.39 is 17.8 Å². The van der Waals surface area contributed by atoms with Crippen LogP contribution in [0.5, 0.6) is 5.75 Å². The number of aromatic amines is 2. The second-order valence-corrected chi connectivity index (χ2v) is 6.70. The van der Waals surface area contributed by atoms with E-state index in [1.54, 1.807) is 30.3 Å². The van der Waals surface area contributed by atoms with Crippen LogP contribution < -0.4 is 16.2 Å². The van der Waals surface area contributed by atoms with Crippen LogP contribution in [-0.4, -0.2) is 21.3 Å². The number of hydrogen-bond acceptors (Lipinski definition) is 3. The molecule has 0 aliphatic carbocycles. The molecule has 0 bridgehead atoms. The number of hydrogen-bond donors (Lipinski definition) is 5. The maximum atomic E-state index is 12.8. The average molecular weight is 428 g/mol. The summed E-state index contributed by atoms with van der Waals surface area (Å²) in [5.41, 5.74) is 0.672. The van der Waals surface area contributed by atoms with Gasteiger partial charge in [0.1, 0.15) is 11.3 Å². The van der Waals surface area contributed by atoms with Crippen LogP contribution in [0.2, 0.25) is 0 Å². The minimum absolute atomic E-state index is 0.00196. The van der Waals surface area contributed by atoms with E-state index in [1.165, 1.54) is 18.2 Å². The molecule has 158 valence electrons. The first-order chi connectivity index (χ1) is 14.7. The number of rotatable bonds is 3. The van der Waals surface area contributed by atoms with Crippen molar-refractivity contribution in [2.75, 3.05) is 10.6 Å². The normalized spacial score (nSPS) is 11.5. The van der Waals surface area contributed by atoms with E-state index in [2.05, 4.69) is 20.8 Å². The summed E-state index contributed by atoms with van der Waals surface area (Å²) in [7, 11) is 0. The average Bonchev–Trinajstić information content (AvgIpc) is 3.11. The monoisotopic (exact) mass is 428 g/mol.